The first-order valence-electron chi connectivity index (χ1n) is 8.86. The molecule has 136 valence electrons. The fraction of sp³-hybridized carbons (Fsp3) is 0.350. The minimum Gasteiger partial charge on any atom is -0.460 e. The predicted molar refractivity (Wildman–Crippen MR) is 94.2 cm³/mol. The number of rotatable bonds is 3. The van der Waals surface area contributed by atoms with Crippen molar-refractivity contribution < 1.29 is 18.0 Å². The topological polar surface area (TPSA) is 38.4 Å². The first-order chi connectivity index (χ1) is 12.5. The fourth-order valence-corrected chi connectivity index (χ4v) is 3.59. The molecule has 4 rings (SSSR count). The number of furan rings is 1. The Kier molecular flexibility index (Phi) is 4.26. The molecular formula is C20H20F2N2O2. The van der Waals surface area contributed by atoms with Gasteiger partial charge in [0.05, 0.1) is 5.52 Å². The second-order valence-electron chi connectivity index (χ2n) is 6.82. The zero-order valence-corrected chi connectivity index (χ0v) is 14.6. The average Bonchev–Trinajstić information content (AvgIpc) is 3.15. The Labute approximate surface area is 150 Å². The Bertz CT molecular complexity index is 968. The van der Waals surface area contributed by atoms with Crippen LogP contribution in [0.5, 0.6) is 0 Å². The molecule has 6 heteroatoms. The van der Waals surface area contributed by atoms with Crippen LogP contribution in [0.1, 0.15) is 41.1 Å². The van der Waals surface area contributed by atoms with Crippen LogP contribution in [0.2, 0.25) is 0 Å². The molecule has 1 aromatic carbocycles. The smallest absolute Gasteiger partial charge is 0.270 e. The summed E-state index contributed by atoms with van der Waals surface area (Å²) in [6, 6.07) is 7.43. The molecule has 1 amide bonds. The van der Waals surface area contributed by atoms with E-state index in [-0.39, 0.29) is 12.5 Å². The van der Waals surface area contributed by atoms with Crippen molar-refractivity contribution in [3.05, 3.63) is 59.0 Å². The molecule has 0 spiro atoms. The third-order valence-corrected chi connectivity index (χ3v) is 4.90. The van der Waals surface area contributed by atoms with Gasteiger partial charge < -0.3 is 13.9 Å². The maximum Gasteiger partial charge on any atom is 0.270 e. The van der Waals surface area contributed by atoms with Crippen LogP contribution in [0.15, 0.2) is 34.7 Å². The van der Waals surface area contributed by atoms with Gasteiger partial charge in [0, 0.05) is 31.8 Å². The second-order valence-corrected chi connectivity index (χ2v) is 6.82. The SMILES string of the molecule is Cc1cc2c(cc(C(=O)N3CCCCC3)n2Cc2ccc(F)c(F)c2)o1. The highest BCUT2D eigenvalue weighted by molar-refractivity contribution is 5.97. The minimum atomic E-state index is -0.891. The van der Waals surface area contributed by atoms with Crippen molar-refractivity contribution in [2.75, 3.05) is 13.1 Å². The molecule has 0 N–H and O–H groups in total. The molecule has 0 aliphatic carbocycles. The summed E-state index contributed by atoms with van der Waals surface area (Å²) < 4.78 is 34.3. The van der Waals surface area contributed by atoms with Crippen molar-refractivity contribution in [3.63, 3.8) is 0 Å². The maximum absolute atomic E-state index is 13.6. The molecular weight excluding hydrogens is 338 g/mol. The van der Waals surface area contributed by atoms with Gasteiger partial charge in [0.1, 0.15) is 11.5 Å². The molecule has 2 aromatic heterocycles. The molecule has 0 atom stereocenters. The van der Waals surface area contributed by atoms with Gasteiger partial charge in [-0.15, -0.1) is 0 Å². The summed E-state index contributed by atoms with van der Waals surface area (Å²) in [7, 11) is 0. The zero-order valence-electron chi connectivity index (χ0n) is 14.6. The number of benzene rings is 1. The van der Waals surface area contributed by atoms with E-state index >= 15 is 0 Å². The van der Waals surface area contributed by atoms with Gasteiger partial charge in [-0.25, -0.2) is 8.78 Å². The number of amides is 1. The van der Waals surface area contributed by atoms with E-state index in [1.807, 2.05) is 22.5 Å². The van der Waals surface area contributed by atoms with E-state index in [1.165, 1.54) is 12.1 Å². The van der Waals surface area contributed by atoms with E-state index in [1.54, 1.807) is 6.07 Å². The quantitative estimate of drug-likeness (QED) is 0.692. The number of halogens is 2. The number of aryl methyl sites for hydroxylation is 1. The normalized spacial score (nSPS) is 15.0. The third-order valence-electron chi connectivity index (χ3n) is 4.90. The molecule has 0 unspecified atom stereocenters. The number of aromatic nitrogens is 1. The minimum absolute atomic E-state index is 0.0451. The molecule has 0 radical (unpaired) electrons. The zero-order chi connectivity index (χ0) is 18.3. The lowest BCUT2D eigenvalue weighted by Crippen LogP contribution is -2.36. The third kappa shape index (κ3) is 3.00. The number of carbonyl (C=O) groups excluding carboxylic acids is 1. The maximum atomic E-state index is 13.6. The number of piperidine rings is 1. The Hall–Kier alpha value is -2.63. The summed E-state index contributed by atoms with van der Waals surface area (Å²) >= 11 is 0. The number of fused-ring (bicyclic) bond motifs is 1. The lowest BCUT2D eigenvalue weighted by Gasteiger charge is -2.27. The Morgan fingerprint density at radius 1 is 1.08 bits per heavy atom. The number of likely N-dealkylation sites (tertiary alicyclic amines) is 1. The van der Waals surface area contributed by atoms with Gasteiger partial charge in [-0.1, -0.05) is 6.07 Å². The standard InChI is InChI=1S/C20H20F2N2O2/c1-13-9-17-19(26-13)11-18(20(25)23-7-3-2-4-8-23)24(17)12-14-5-6-15(21)16(22)10-14/h5-6,9-11H,2-4,7-8,12H2,1H3. The summed E-state index contributed by atoms with van der Waals surface area (Å²) in [6.45, 7) is 3.60. The van der Waals surface area contributed by atoms with E-state index in [0.29, 0.717) is 16.8 Å². The Balaban J connectivity index is 1.75. The number of hydrogen-bond donors (Lipinski definition) is 0. The van der Waals surface area contributed by atoms with Gasteiger partial charge in [0.25, 0.3) is 5.91 Å². The molecule has 26 heavy (non-hydrogen) atoms. The van der Waals surface area contributed by atoms with Crippen LogP contribution in [0.3, 0.4) is 0 Å². The van der Waals surface area contributed by atoms with E-state index in [0.717, 1.165) is 49.7 Å². The monoisotopic (exact) mass is 358 g/mol. The van der Waals surface area contributed by atoms with Crippen molar-refractivity contribution >= 4 is 17.0 Å². The summed E-state index contributed by atoms with van der Waals surface area (Å²) in [5.74, 6) is -1.07. The van der Waals surface area contributed by atoms with Crippen LogP contribution in [0.4, 0.5) is 8.78 Å². The molecule has 1 aliphatic rings. The summed E-state index contributed by atoms with van der Waals surface area (Å²) in [5.41, 5.74) is 2.52. The lowest BCUT2D eigenvalue weighted by molar-refractivity contribution is 0.0714. The van der Waals surface area contributed by atoms with Gasteiger partial charge in [0.2, 0.25) is 0 Å². The number of nitrogens with zero attached hydrogens (tertiary/aromatic N) is 2. The number of carbonyl (C=O) groups is 1. The van der Waals surface area contributed by atoms with Crippen molar-refractivity contribution in [2.45, 2.75) is 32.7 Å². The van der Waals surface area contributed by atoms with Gasteiger partial charge in [-0.05, 0) is 43.9 Å². The summed E-state index contributed by atoms with van der Waals surface area (Å²) in [6.07, 6.45) is 3.15. The van der Waals surface area contributed by atoms with Gasteiger partial charge in [0.15, 0.2) is 17.2 Å². The number of hydrogen-bond acceptors (Lipinski definition) is 2. The highest BCUT2D eigenvalue weighted by atomic mass is 19.2. The molecule has 0 bridgehead atoms. The highest BCUT2D eigenvalue weighted by Crippen LogP contribution is 2.27. The molecule has 3 aromatic rings. The molecule has 1 aliphatic heterocycles. The Morgan fingerprint density at radius 3 is 2.58 bits per heavy atom. The molecule has 4 nitrogen and oxygen atoms in total. The molecule has 1 saturated heterocycles. The van der Waals surface area contributed by atoms with Crippen LogP contribution in [-0.4, -0.2) is 28.5 Å². The van der Waals surface area contributed by atoms with Crippen LogP contribution in [0, 0.1) is 18.6 Å². The fourth-order valence-electron chi connectivity index (χ4n) is 3.59. The van der Waals surface area contributed by atoms with Gasteiger partial charge in [-0.2, -0.15) is 0 Å². The van der Waals surface area contributed by atoms with Crippen molar-refractivity contribution in [3.8, 4) is 0 Å². The summed E-state index contributed by atoms with van der Waals surface area (Å²) in [4.78, 5) is 14.9. The van der Waals surface area contributed by atoms with E-state index in [4.69, 9.17) is 4.42 Å². The molecule has 3 heterocycles. The van der Waals surface area contributed by atoms with Crippen LogP contribution in [-0.2, 0) is 6.54 Å². The Morgan fingerprint density at radius 2 is 1.85 bits per heavy atom. The first kappa shape index (κ1) is 16.8. The van der Waals surface area contributed by atoms with Gasteiger partial charge in [-0.3, -0.25) is 4.79 Å². The van der Waals surface area contributed by atoms with Crippen molar-refractivity contribution in [1.82, 2.24) is 9.47 Å². The van der Waals surface area contributed by atoms with E-state index in [2.05, 4.69) is 0 Å². The second kappa shape index (κ2) is 6.59. The van der Waals surface area contributed by atoms with Gasteiger partial charge >= 0.3 is 0 Å². The first-order valence-corrected chi connectivity index (χ1v) is 8.86. The average molecular weight is 358 g/mol. The van der Waals surface area contributed by atoms with Crippen LogP contribution < -0.4 is 0 Å². The summed E-state index contributed by atoms with van der Waals surface area (Å²) in [5, 5.41) is 0. The van der Waals surface area contributed by atoms with E-state index in [9.17, 15) is 13.6 Å². The van der Waals surface area contributed by atoms with Crippen LogP contribution in [0.25, 0.3) is 11.1 Å². The van der Waals surface area contributed by atoms with Crippen LogP contribution >= 0.6 is 0 Å². The van der Waals surface area contributed by atoms with E-state index < -0.39 is 11.6 Å². The lowest BCUT2D eigenvalue weighted by atomic mass is 10.1. The molecule has 0 saturated carbocycles. The molecule has 1 fully saturated rings. The van der Waals surface area contributed by atoms with Crippen molar-refractivity contribution in [1.29, 1.82) is 0 Å². The highest BCUT2D eigenvalue weighted by Gasteiger charge is 2.24. The van der Waals surface area contributed by atoms with Crippen molar-refractivity contribution in [2.24, 2.45) is 0 Å². The largest absolute Gasteiger partial charge is 0.460 e. The predicted octanol–water partition coefficient (Wildman–Crippen LogP) is 4.50.